The second-order valence-electron chi connectivity index (χ2n) is 3.76. The maximum absolute atomic E-state index is 11.8. The number of carbonyl (C=O) groups excluding carboxylic acids is 2. The Labute approximate surface area is 103 Å². The summed E-state index contributed by atoms with van der Waals surface area (Å²) >= 11 is 0. The normalized spacial score (nSPS) is 19.6. The number of para-hydroxylation sites is 1. The minimum absolute atomic E-state index is 0.251. The third-order valence-corrected chi connectivity index (χ3v) is 2.85. The van der Waals surface area contributed by atoms with Crippen molar-refractivity contribution in [3.05, 3.63) is 29.8 Å². The predicted molar refractivity (Wildman–Crippen MR) is 58.8 cm³/mol. The monoisotopic (exact) mass is 252 g/mol. The van der Waals surface area contributed by atoms with Crippen molar-refractivity contribution in [3.63, 3.8) is 0 Å². The summed E-state index contributed by atoms with van der Waals surface area (Å²) < 4.78 is 14.4. The Bertz CT molecular complexity index is 479. The predicted octanol–water partition coefficient (Wildman–Crippen LogP) is 0.197. The molecule has 0 fully saturated rings. The molecule has 18 heavy (non-hydrogen) atoms. The van der Waals surface area contributed by atoms with Gasteiger partial charge < -0.3 is 19.3 Å². The molecule has 1 atom stereocenters. The Balaban J connectivity index is 2.53. The van der Waals surface area contributed by atoms with Gasteiger partial charge >= 0.3 is 17.5 Å². The molecule has 6 heteroatoms. The number of rotatable bonds is 2. The third-order valence-electron chi connectivity index (χ3n) is 2.85. The molecule has 0 bridgehead atoms. The van der Waals surface area contributed by atoms with Crippen LogP contribution in [0.4, 0.5) is 0 Å². The second kappa shape index (κ2) is 4.30. The van der Waals surface area contributed by atoms with Crippen LogP contribution in [-0.4, -0.2) is 36.9 Å². The Kier molecular flexibility index (Phi) is 2.96. The first kappa shape index (κ1) is 12.4. The van der Waals surface area contributed by atoms with Crippen molar-refractivity contribution < 1.29 is 28.9 Å². The lowest BCUT2D eigenvalue weighted by molar-refractivity contribution is -0.184. The number of fused-ring (bicyclic) bond motifs is 1. The molecule has 0 spiro atoms. The zero-order chi connectivity index (χ0) is 13.3. The average Bonchev–Trinajstić information content (AvgIpc) is 2.72. The molecule has 0 amide bonds. The molecule has 1 heterocycles. The molecular weight excluding hydrogens is 240 g/mol. The number of aliphatic hydroxyl groups is 1. The highest BCUT2D eigenvalue weighted by molar-refractivity contribution is 6.06. The van der Waals surface area contributed by atoms with Crippen LogP contribution in [0.1, 0.15) is 11.7 Å². The van der Waals surface area contributed by atoms with Gasteiger partial charge in [-0.1, -0.05) is 18.2 Å². The molecule has 1 unspecified atom stereocenters. The van der Waals surface area contributed by atoms with Crippen molar-refractivity contribution in [1.29, 1.82) is 0 Å². The Hall–Kier alpha value is -2.08. The minimum atomic E-state index is -2.19. The number of benzene rings is 1. The van der Waals surface area contributed by atoms with Crippen molar-refractivity contribution >= 4 is 11.9 Å². The van der Waals surface area contributed by atoms with E-state index in [1.807, 2.05) is 0 Å². The summed E-state index contributed by atoms with van der Waals surface area (Å²) in [7, 11) is 2.21. The summed E-state index contributed by atoms with van der Waals surface area (Å²) in [6.07, 6.45) is -1.46. The fourth-order valence-corrected chi connectivity index (χ4v) is 1.94. The van der Waals surface area contributed by atoms with Gasteiger partial charge in [-0.25, -0.2) is 9.59 Å². The van der Waals surface area contributed by atoms with Crippen molar-refractivity contribution in [3.8, 4) is 5.75 Å². The minimum Gasteiger partial charge on any atom is -0.466 e. The summed E-state index contributed by atoms with van der Waals surface area (Å²) in [6.45, 7) is 0. The summed E-state index contributed by atoms with van der Waals surface area (Å²) in [5, 5.41) is 10.2. The summed E-state index contributed by atoms with van der Waals surface area (Å²) in [5.74, 6) is -1.75. The van der Waals surface area contributed by atoms with Crippen LogP contribution in [0.5, 0.6) is 5.75 Å². The topological polar surface area (TPSA) is 82.1 Å². The number of carbonyl (C=O) groups is 2. The fraction of sp³-hybridized carbons (Fsp3) is 0.333. The van der Waals surface area contributed by atoms with E-state index >= 15 is 0 Å². The lowest BCUT2D eigenvalue weighted by Gasteiger charge is -2.25. The van der Waals surface area contributed by atoms with E-state index < -0.39 is 23.6 Å². The molecule has 1 aromatic carbocycles. The first-order chi connectivity index (χ1) is 8.57. The van der Waals surface area contributed by atoms with E-state index in [1.165, 1.54) is 0 Å². The van der Waals surface area contributed by atoms with Gasteiger partial charge in [0.1, 0.15) is 11.9 Å². The molecule has 0 saturated carbocycles. The quantitative estimate of drug-likeness (QED) is 0.598. The highest BCUT2D eigenvalue weighted by Crippen LogP contribution is 2.44. The molecule has 0 saturated heterocycles. The number of esters is 2. The summed E-state index contributed by atoms with van der Waals surface area (Å²) in [6, 6.07) is 6.44. The van der Waals surface area contributed by atoms with Crippen molar-refractivity contribution in [2.75, 3.05) is 14.2 Å². The van der Waals surface area contributed by atoms with Gasteiger partial charge in [-0.15, -0.1) is 0 Å². The van der Waals surface area contributed by atoms with Gasteiger partial charge in [0.2, 0.25) is 0 Å². The standard InChI is InChI=1S/C12H12O6/c1-16-10(14)12(11(15)17-2)9(13)7-5-3-4-6-8(7)18-12/h3-6,9,13H,1-2H3. The van der Waals surface area contributed by atoms with Gasteiger partial charge in [-0.2, -0.15) is 0 Å². The number of hydrogen-bond donors (Lipinski definition) is 1. The van der Waals surface area contributed by atoms with Crippen LogP contribution < -0.4 is 4.74 Å². The van der Waals surface area contributed by atoms with E-state index in [0.29, 0.717) is 5.56 Å². The van der Waals surface area contributed by atoms with Crippen molar-refractivity contribution in [2.45, 2.75) is 11.7 Å². The first-order valence-corrected chi connectivity index (χ1v) is 5.20. The van der Waals surface area contributed by atoms with E-state index in [-0.39, 0.29) is 5.75 Å². The Morgan fingerprint density at radius 3 is 2.28 bits per heavy atom. The van der Waals surface area contributed by atoms with E-state index in [9.17, 15) is 14.7 Å². The molecule has 96 valence electrons. The second-order valence-corrected chi connectivity index (χ2v) is 3.76. The Morgan fingerprint density at radius 1 is 1.22 bits per heavy atom. The van der Waals surface area contributed by atoms with Crippen molar-refractivity contribution in [1.82, 2.24) is 0 Å². The Morgan fingerprint density at radius 2 is 1.78 bits per heavy atom. The van der Waals surface area contributed by atoms with E-state index in [0.717, 1.165) is 14.2 Å². The third kappa shape index (κ3) is 1.46. The molecule has 0 aromatic heterocycles. The largest absolute Gasteiger partial charge is 0.466 e. The molecule has 1 N–H and O–H groups in total. The number of ether oxygens (including phenoxy) is 3. The van der Waals surface area contributed by atoms with Gasteiger partial charge in [0, 0.05) is 5.56 Å². The molecule has 1 aliphatic rings. The first-order valence-electron chi connectivity index (χ1n) is 5.20. The summed E-state index contributed by atoms with van der Waals surface area (Å²) in [4.78, 5) is 23.6. The van der Waals surface area contributed by atoms with Crippen molar-refractivity contribution in [2.24, 2.45) is 0 Å². The molecule has 0 aliphatic carbocycles. The van der Waals surface area contributed by atoms with Crippen LogP contribution >= 0.6 is 0 Å². The van der Waals surface area contributed by atoms with E-state index in [4.69, 9.17) is 4.74 Å². The van der Waals surface area contributed by atoms with Gasteiger partial charge in [-0.05, 0) is 6.07 Å². The van der Waals surface area contributed by atoms with E-state index in [2.05, 4.69) is 9.47 Å². The van der Waals surface area contributed by atoms with Crippen LogP contribution in [0.2, 0.25) is 0 Å². The van der Waals surface area contributed by atoms with Crippen LogP contribution in [0.3, 0.4) is 0 Å². The molecule has 1 aromatic rings. The molecule has 6 nitrogen and oxygen atoms in total. The zero-order valence-electron chi connectivity index (χ0n) is 9.88. The number of aliphatic hydroxyl groups excluding tert-OH is 1. The fourth-order valence-electron chi connectivity index (χ4n) is 1.94. The lowest BCUT2D eigenvalue weighted by atomic mass is 9.93. The lowest BCUT2D eigenvalue weighted by Crippen LogP contribution is -2.54. The average molecular weight is 252 g/mol. The maximum atomic E-state index is 11.8. The van der Waals surface area contributed by atoms with Gasteiger partial charge in [0.15, 0.2) is 0 Å². The van der Waals surface area contributed by atoms with Crippen LogP contribution in [0.15, 0.2) is 24.3 Å². The maximum Gasteiger partial charge on any atom is 0.365 e. The number of methoxy groups -OCH3 is 2. The van der Waals surface area contributed by atoms with Gasteiger partial charge in [0.25, 0.3) is 0 Å². The smallest absolute Gasteiger partial charge is 0.365 e. The van der Waals surface area contributed by atoms with Crippen LogP contribution in [-0.2, 0) is 19.1 Å². The molecule has 1 aliphatic heterocycles. The SMILES string of the molecule is COC(=O)C1(C(=O)OC)Oc2ccccc2C1O. The molecular formula is C12H12O6. The van der Waals surface area contributed by atoms with Crippen LogP contribution in [0, 0.1) is 0 Å². The highest BCUT2D eigenvalue weighted by atomic mass is 16.6. The van der Waals surface area contributed by atoms with Crippen LogP contribution in [0.25, 0.3) is 0 Å². The summed E-state index contributed by atoms with van der Waals surface area (Å²) in [5.41, 5.74) is -1.85. The van der Waals surface area contributed by atoms with Gasteiger partial charge in [0.05, 0.1) is 14.2 Å². The zero-order valence-corrected chi connectivity index (χ0v) is 9.88. The highest BCUT2D eigenvalue weighted by Gasteiger charge is 2.62. The molecule has 2 rings (SSSR count). The molecule has 0 radical (unpaired) electrons. The van der Waals surface area contributed by atoms with E-state index in [1.54, 1.807) is 24.3 Å². The number of hydrogen-bond acceptors (Lipinski definition) is 6. The van der Waals surface area contributed by atoms with Gasteiger partial charge in [-0.3, -0.25) is 0 Å².